The fourth-order valence-electron chi connectivity index (χ4n) is 1.97. The molecule has 1 N–H and O–H groups in total. The molecule has 0 atom stereocenters. The molecule has 0 fully saturated rings. The van der Waals surface area contributed by atoms with Gasteiger partial charge >= 0.3 is 0 Å². The molecule has 5 heteroatoms. The van der Waals surface area contributed by atoms with Crippen LogP contribution in [0.1, 0.15) is 0 Å². The number of nitrogens with zero attached hydrogens (tertiary/aromatic N) is 4. The average Bonchev–Trinajstić information content (AvgIpc) is 2.90. The molecule has 3 aromatic rings. The van der Waals surface area contributed by atoms with Gasteiger partial charge in [0.25, 0.3) is 0 Å². The van der Waals surface area contributed by atoms with Gasteiger partial charge in [0.1, 0.15) is 0 Å². The Morgan fingerprint density at radius 2 is 2.16 bits per heavy atom. The van der Waals surface area contributed by atoms with E-state index < -0.39 is 0 Å². The molecule has 0 aliphatic carbocycles. The Morgan fingerprint density at radius 3 is 2.95 bits per heavy atom. The van der Waals surface area contributed by atoms with Crippen molar-refractivity contribution in [2.75, 3.05) is 12.4 Å². The second-order valence-electron chi connectivity index (χ2n) is 4.06. The van der Waals surface area contributed by atoms with Crippen molar-refractivity contribution in [2.24, 2.45) is 0 Å². The lowest BCUT2D eigenvalue weighted by Gasteiger charge is -2.04. The molecule has 3 heterocycles. The first-order chi connectivity index (χ1) is 9.31. The van der Waals surface area contributed by atoms with Crippen molar-refractivity contribution in [3.8, 4) is 11.4 Å². The van der Waals surface area contributed by atoms with Gasteiger partial charge in [-0.25, -0.2) is 9.36 Å². The molecule has 0 radical (unpaired) electrons. The minimum atomic E-state index is 0.536. The third-order valence-electron chi connectivity index (χ3n) is 2.93. The Morgan fingerprint density at radius 1 is 1.26 bits per heavy atom. The van der Waals surface area contributed by atoms with E-state index in [-0.39, 0.29) is 0 Å². The van der Waals surface area contributed by atoms with E-state index in [0.717, 1.165) is 22.6 Å². The van der Waals surface area contributed by atoms with Crippen LogP contribution in [-0.4, -0.2) is 21.6 Å². The molecule has 92 valence electrons. The van der Waals surface area contributed by atoms with Gasteiger partial charge in [-0.1, -0.05) is 0 Å². The molecule has 0 aliphatic heterocycles. The van der Waals surface area contributed by atoms with E-state index in [1.807, 2.05) is 37.4 Å². The van der Waals surface area contributed by atoms with Crippen LogP contribution in [-0.2, 0) is 0 Å². The van der Waals surface area contributed by atoms with Crippen LogP contribution in [0.15, 0.2) is 42.7 Å². The van der Waals surface area contributed by atoms with E-state index in [0.29, 0.717) is 5.69 Å². The molecule has 5 nitrogen and oxygen atoms in total. The summed E-state index contributed by atoms with van der Waals surface area (Å²) in [5, 5.41) is 7.37. The number of hydrogen-bond donors (Lipinski definition) is 1. The molecule has 0 amide bonds. The van der Waals surface area contributed by atoms with Crippen molar-refractivity contribution in [1.82, 2.24) is 14.6 Å². The second-order valence-corrected chi connectivity index (χ2v) is 4.06. The minimum Gasteiger partial charge on any atom is -0.388 e. The summed E-state index contributed by atoms with van der Waals surface area (Å²) in [7, 11) is 1.87. The van der Waals surface area contributed by atoms with Gasteiger partial charge in [0.2, 0.25) is 5.69 Å². The molecule has 0 saturated heterocycles. The average molecular weight is 249 g/mol. The van der Waals surface area contributed by atoms with E-state index >= 15 is 0 Å². The highest BCUT2D eigenvalue weighted by Gasteiger charge is 2.07. The highest BCUT2D eigenvalue weighted by Crippen LogP contribution is 2.24. The van der Waals surface area contributed by atoms with Crippen LogP contribution in [0, 0.1) is 6.57 Å². The van der Waals surface area contributed by atoms with Gasteiger partial charge in [0.05, 0.1) is 29.7 Å². The van der Waals surface area contributed by atoms with Crippen molar-refractivity contribution in [3.63, 3.8) is 0 Å². The molecule has 3 aromatic heterocycles. The molecule has 0 aromatic carbocycles. The number of anilines is 1. The normalized spacial score (nSPS) is 10.3. The van der Waals surface area contributed by atoms with E-state index in [2.05, 4.69) is 20.2 Å². The molecule has 19 heavy (non-hydrogen) atoms. The molecule has 0 spiro atoms. The Labute approximate surface area is 110 Å². The summed E-state index contributed by atoms with van der Waals surface area (Å²) in [5.41, 5.74) is 4.17. The SMILES string of the molecule is [C-]#[N+]c1cnn2c(-c3cc(NC)ccn3)ccc2c1. The quantitative estimate of drug-likeness (QED) is 0.710. The predicted octanol–water partition coefficient (Wildman–Crippen LogP) is 2.99. The lowest BCUT2D eigenvalue weighted by atomic mass is 10.2. The lowest BCUT2D eigenvalue weighted by Crippen LogP contribution is -1.95. The largest absolute Gasteiger partial charge is 0.388 e. The van der Waals surface area contributed by atoms with Crippen LogP contribution in [0.2, 0.25) is 0 Å². The van der Waals surface area contributed by atoms with Crippen molar-refractivity contribution in [1.29, 1.82) is 0 Å². The fraction of sp³-hybridized carbons (Fsp3) is 0.0714. The Kier molecular flexibility index (Phi) is 2.62. The number of rotatable bonds is 2. The summed E-state index contributed by atoms with van der Waals surface area (Å²) in [4.78, 5) is 7.74. The van der Waals surface area contributed by atoms with Gasteiger partial charge in [-0.3, -0.25) is 4.98 Å². The number of aromatic nitrogens is 3. The van der Waals surface area contributed by atoms with Crippen molar-refractivity contribution in [3.05, 3.63) is 54.1 Å². The van der Waals surface area contributed by atoms with Gasteiger partial charge in [0, 0.05) is 18.9 Å². The highest BCUT2D eigenvalue weighted by atomic mass is 15.2. The Balaban J connectivity index is 2.17. The second kappa shape index (κ2) is 4.42. The van der Waals surface area contributed by atoms with Crippen LogP contribution in [0.4, 0.5) is 11.4 Å². The standard InChI is InChI=1S/C14H11N5/c1-15-10-5-6-17-13(8-10)14-4-3-12-7-11(16-2)9-18-19(12)14/h3-9H,1H3,(H,15,17). The number of hydrogen-bond acceptors (Lipinski definition) is 3. The van der Waals surface area contributed by atoms with Gasteiger partial charge in [-0.05, 0) is 30.3 Å². The predicted molar refractivity (Wildman–Crippen MR) is 74.2 cm³/mol. The van der Waals surface area contributed by atoms with Crippen LogP contribution in [0.25, 0.3) is 21.7 Å². The zero-order chi connectivity index (χ0) is 13.2. The van der Waals surface area contributed by atoms with Gasteiger partial charge in [-0.2, -0.15) is 5.10 Å². The van der Waals surface area contributed by atoms with E-state index in [9.17, 15) is 0 Å². The summed E-state index contributed by atoms with van der Waals surface area (Å²) in [6.45, 7) is 7.00. The zero-order valence-corrected chi connectivity index (χ0v) is 10.3. The Hall–Kier alpha value is -2.87. The third kappa shape index (κ3) is 1.89. The number of fused-ring (bicyclic) bond motifs is 1. The van der Waals surface area contributed by atoms with Crippen molar-refractivity contribution >= 4 is 16.9 Å². The van der Waals surface area contributed by atoms with Gasteiger partial charge < -0.3 is 5.32 Å². The first kappa shape index (κ1) is 11.2. The monoisotopic (exact) mass is 249 g/mol. The van der Waals surface area contributed by atoms with Gasteiger partial charge in [-0.15, -0.1) is 0 Å². The highest BCUT2D eigenvalue weighted by molar-refractivity contribution is 5.68. The smallest absolute Gasteiger partial charge is 0.208 e. The topological polar surface area (TPSA) is 46.6 Å². The number of nitrogens with one attached hydrogen (secondary N) is 1. The number of pyridine rings is 1. The first-order valence-corrected chi connectivity index (χ1v) is 5.81. The molecule has 0 saturated carbocycles. The zero-order valence-electron chi connectivity index (χ0n) is 10.3. The molecular weight excluding hydrogens is 238 g/mol. The molecule has 3 rings (SSSR count). The van der Waals surface area contributed by atoms with Crippen LogP contribution in [0.3, 0.4) is 0 Å². The van der Waals surface area contributed by atoms with E-state index in [1.54, 1.807) is 16.9 Å². The van der Waals surface area contributed by atoms with Crippen LogP contribution < -0.4 is 5.32 Å². The summed E-state index contributed by atoms with van der Waals surface area (Å²) in [6, 6.07) is 9.57. The maximum atomic E-state index is 7.00. The summed E-state index contributed by atoms with van der Waals surface area (Å²) in [5.74, 6) is 0. The fourth-order valence-corrected chi connectivity index (χ4v) is 1.97. The lowest BCUT2D eigenvalue weighted by molar-refractivity contribution is 0.946. The van der Waals surface area contributed by atoms with Crippen LogP contribution >= 0.6 is 0 Å². The molecule has 0 bridgehead atoms. The Bertz CT molecular complexity index is 782. The summed E-state index contributed by atoms with van der Waals surface area (Å²) < 4.78 is 1.79. The maximum Gasteiger partial charge on any atom is 0.208 e. The first-order valence-electron chi connectivity index (χ1n) is 5.81. The van der Waals surface area contributed by atoms with Crippen molar-refractivity contribution < 1.29 is 0 Å². The molecular formula is C14H11N5. The summed E-state index contributed by atoms with van der Waals surface area (Å²) >= 11 is 0. The van der Waals surface area contributed by atoms with Crippen LogP contribution in [0.5, 0.6) is 0 Å². The minimum absolute atomic E-state index is 0.536. The summed E-state index contributed by atoms with van der Waals surface area (Å²) in [6.07, 6.45) is 3.32. The molecule has 0 aliphatic rings. The van der Waals surface area contributed by atoms with Gasteiger partial charge in [0.15, 0.2) is 0 Å². The third-order valence-corrected chi connectivity index (χ3v) is 2.93. The van der Waals surface area contributed by atoms with Crippen molar-refractivity contribution in [2.45, 2.75) is 0 Å². The molecule has 0 unspecified atom stereocenters. The van der Waals surface area contributed by atoms with E-state index in [1.165, 1.54) is 0 Å². The maximum absolute atomic E-state index is 7.00. The van der Waals surface area contributed by atoms with E-state index in [4.69, 9.17) is 6.57 Å².